The Kier molecular flexibility index (Phi) is 5.54. The molecule has 4 nitrogen and oxygen atoms in total. The van der Waals surface area contributed by atoms with Gasteiger partial charge in [-0.1, -0.05) is 26.2 Å². The monoisotopic (exact) mass is 351 g/mol. The molecule has 0 aromatic carbocycles. The molecule has 2 aliphatic rings. The van der Waals surface area contributed by atoms with Gasteiger partial charge in [-0.3, -0.25) is 15.6 Å². The lowest BCUT2D eigenvalue weighted by Gasteiger charge is -2.24. The minimum atomic E-state index is -0.0788. The summed E-state index contributed by atoms with van der Waals surface area (Å²) in [6, 6.07) is 0.441. The smallest absolute Gasteiger partial charge is 0.270 e. The number of hydrazine groups is 1. The normalized spacial score (nSPS) is 21.3. The molecule has 0 radical (unpaired) electrons. The highest BCUT2D eigenvalue weighted by Crippen LogP contribution is 2.32. The molecule has 0 bridgehead atoms. The molecule has 1 heterocycles. The zero-order valence-corrected chi connectivity index (χ0v) is 15.2. The van der Waals surface area contributed by atoms with E-state index in [4.69, 9.17) is 12.2 Å². The Morgan fingerprint density at radius 2 is 2.00 bits per heavy atom. The van der Waals surface area contributed by atoms with Gasteiger partial charge in [0, 0.05) is 16.3 Å². The van der Waals surface area contributed by atoms with Gasteiger partial charge >= 0.3 is 0 Å². The van der Waals surface area contributed by atoms with Gasteiger partial charge in [-0.25, -0.2) is 0 Å². The molecule has 1 saturated carbocycles. The largest absolute Gasteiger partial charge is 0.359 e. The molecule has 1 aromatic heterocycles. The summed E-state index contributed by atoms with van der Waals surface area (Å²) < 4.78 is 0. The average Bonchev–Trinajstić information content (AvgIpc) is 2.96. The maximum Gasteiger partial charge on any atom is 0.270 e. The van der Waals surface area contributed by atoms with Crippen molar-refractivity contribution in [3.8, 4) is 0 Å². The summed E-state index contributed by atoms with van der Waals surface area (Å²) in [5.74, 6) is 0.646. The van der Waals surface area contributed by atoms with E-state index in [9.17, 15) is 4.79 Å². The van der Waals surface area contributed by atoms with Crippen LogP contribution in [0, 0.1) is 5.92 Å². The van der Waals surface area contributed by atoms with Crippen molar-refractivity contribution >= 4 is 34.6 Å². The Balaban J connectivity index is 1.50. The van der Waals surface area contributed by atoms with Gasteiger partial charge in [0.15, 0.2) is 5.11 Å². The number of fused-ring (bicyclic) bond motifs is 1. The predicted octanol–water partition coefficient (Wildman–Crippen LogP) is 3.31. The highest BCUT2D eigenvalue weighted by molar-refractivity contribution is 7.80. The minimum absolute atomic E-state index is 0.0788. The van der Waals surface area contributed by atoms with E-state index in [-0.39, 0.29) is 5.91 Å². The van der Waals surface area contributed by atoms with E-state index in [1.807, 2.05) is 5.38 Å². The quantitative estimate of drug-likeness (QED) is 0.565. The molecule has 1 fully saturated rings. The molecule has 0 aliphatic heterocycles. The molecule has 1 aromatic rings. The number of carbonyl (C=O) groups excluding carboxylic acids is 1. The van der Waals surface area contributed by atoms with Gasteiger partial charge in [0.05, 0.1) is 5.56 Å². The SMILES string of the molecule is C[C@H]1CCc2c(C(=O)NNC(=S)NC3CCCCC3)csc2C1. The van der Waals surface area contributed by atoms with Crippen LogP contribution in [0.4, 0.5) is 0 Å². The van der Waals surface area contributed by atoms with Crippen LogP contribution >= 0.6 is 23.6 Å². The van der Waals surface area contributed by atoms with Crippen LogP contribution in [0.3, 0.4) is 0 Å². The van der Waals surface area contributed by atoms with Crippen LogP contribution in [0.2, 0.25) is 0 Å². The summed E-state index contributed by atoms with van der Waals surface area (Å²) in [6.45, 7) is 2.28. The van der Waals surface area contributed by atoms with Gasteiger partial charge in [0.1, 0.15) is 0 Å². The van der Waals surface area contributed by atoms with Crippen molar-refractivity contribution in [3.05, 3.63) is 21.4 Å². The molecule has 3 rings (SSSR count). The maximum absolute atomic E-state index is 12.4. The third-order valence-corrected chi connectivity index (χ3v) is 6.15. The molecular weight excluding hydrogens is 326 g/mol. The number of nitrogens with one attached hydrogen (secondary N) is 3. The Hall–Kier alpha value is -1.14. The Bertz CT molecular complexity index is 578. The topological polar surface area (TPSA) is 53.2 Å². The lowest BCUT2D eigenvalue weighted by molar-refractivity contribution is 0.0942. The van der Waals surface area contributed by atoms with E-state index in [2.05, 4.69) is 23.1 Å². The standard InChI is InChI=1S/C17H25N3OS2/c1-11-7-8-13-14(10-23-15(13)9-11)16(21)19-20-17(22)18-12-5-3-2-4-6-12/h10-12H,2-9H2,1H3,(H,19,21)(H2,18,20,22)/t11-/m0/s1. The zero-order chi connectivity index (χ0) is 16.2. The van der Waals surface area contributed by atoms with Crippen LogP contribution in [0.25, 0.3) is 0 Å². The number of rotatable bonds is 2. The second-order valence-electron chi connectivity index (χ2n) is 6.79. The van der Waals surface area contributed by atoms with E-state index < -0.39 is 0 Å². The summed E-state index contributed by atoms with van der Waals surface area (Å²) in [7, 11) is 0. The molecule has 6 heteroatoms. The number of hydrogen-bond acceptors (Lipinski definition) is 3. The molecule has 23 heavy (non-hydrogen) atoms. The molecular formula is C17H25N3OS2. The Morgan fingerprint density at radius 1 is 1.22 bits per heavy atom. The molecule has 0 saturated heterocycles. The predicted molar refractivity (Wildman–Crippen MR) is 98.7 cm³/mol. The fraction of sp³-hybridized carbons (Fsp3) is 0.647. The van der Waals surface area contributed by atoms with Crippen molar-refractivity contribution < 1.29 is 4.79 Å². The number of thiophene rings is 1. The molecule has 126 valence electrons. The third-order valence-electron chi connectivity index (χ3n) is 4.88. The fourth-order valence-electron chi connectivity index (χ4n) is 3.52. The van der Waals surface area contributed by atoms with E-state index in [0.29, 0.717) is 11.2 Å². The average molecular weight is 352 g/mol. The fourth-order valence-corrected chi connectivity index (χ4v) is 4.98. The van der Waals surface area contributed by atoms with Gasteiger partial charge in [-0.05, 0) is 55.8 Å². The molecule has 2 aliphatic carbocycles. The van der Waals surface area contributed by atoms with E-state index in [1.165, 1.54) is 36.1 Å². The third kappa shape index (κ3) is 4.23. The lowest BCUT2D eigenvalue weighted by atomic mass is 9.88. The van der Waals surface area contributed by atoms with E-state index in [1.54, 1.807) is 11.3 Å². The first kappa shape index (κ1) is 16.7. The minimum Gasteiger partial charge on any atom is -0.359 e. The first-order chi connectivity index (χ1) is 11.1. The van der Waals surface area contributed by atoms with Crippen molar-refractivity contribution in [1.29, 1.82) is 0 Å². The van der Waals surface area contributed by atoms with Crippen molar-refractivity contribution in [2.75, 3.05) is 0 Å². The first-order valence-electron chi connectivity index (χ1n) is 8.59. The first-order valence-corrected chi connectivity index (χ1v) is 9.88. The highest BCUT2D eigenvalue weighted by Gasteiger charge is 2.23. The van der Waals surface area contributed by atoms with Crippen molar-refractivity contribution in [3.63, 3.8) is 0 Å². The lowest BCUT2D eigenvalue weighted by Crippen LogP contribution is -2.50. The molecule has 1 atom stereocenters. The zero-order valence-electron chi connectivity index (χ0n) is 13.6. The Morgan fingerprint density at radius 3 is 2.78 bits per heavy atom. The summed E-state index contributed by atoms with van der Waals surface area (Å²) in [4.78, 5) is 13.8. The highest BCUT2D eigenvalue weighted by atomic mass is 32.1. The number of thiocarbonyl (C=S) groups is 1. The number of carbonyl (C=O) groups is 1. The van der Waals surface area contributed by atoms with E-state index >= 15 is 0 Å². The molecule has 0 unspecified atom stereocenters. The second kappa shape index (κ2) is 7.62. The second-order valence-corrected chi connectivity index (χ2v) is 8.16. The van der Waals surface area contributed by atoms with Gasteiger partial charge in [0.25, 0.3) is 5.91 Å². The summed E-state index contributed by atoms with van der Waals surface area (Å²) in [6.07, 6.45) is 9.42. The van der Waals surface area contributed by atoms with Crippen LogP contribution in [0.1, 0.15) is 66.2 Å². The van der Waals surface area contributed by atoms with Crippen molar-refractivity contribution in [1.82, 2.24) is 16.2 Å². The van der Waals surface area contributed by atoms with Crippen molar-refractivity contribution in [2.24, 2.45) is 5.92 Å². The summed E-state index contributed by atoms with van der Waals surface area (Å²) in [5.41, 5.74) is 7.65. The summed E-state index contributed by atoms with van der Waals surface area (Å²) >= 11 is 6.99. The van der Waals surface area contributed by atoms with Crippen LogP contribution in [0.5, 0.6) is 0 Å². The van der Waals surface area contributed by atoms with Crippen LogP contribution in [-0.4, -0.2) is 17.1 Å². The number of amides is 1. The van der Waals surface area contributed by atoms with Gasteiger partial charge < -0.3 is 5.32 Å². The van der Waals surface area contributed by atoms with Gasteiger partial charge in [-0.2, -0.15) is 0 Å². The molecule has 3 N–H and O–H groups in total. The maximum atomic E-state index is 12.4. The van der Waals surface area contributed by atoms with Crippen LogP contribution < -0.4 is 16.2 Å². The summed E-state index contributed by atoms with van der Waals surface area (Å²) in [5, 5.41) is 5.80. The number of hydrogen-bond donors (Lipinski definition) is 3. The van der Waals surface area contributed by atoms with Crippen molar-refractivity contribution in [2.45, 2.75) is 64.3 Å². The molecule has 1 amide bonds. The molecule has 0 spiro atoms. The van der Waals surface area contributed by atoms with E-state index in [0.717, 1.165) is 37.2 Å². The Labute approximate surface area is 147 Å². The van der Waals surface area contributed by atoms with Crippen LogP contribution in [-0.2, 0) is 12.8 Å². The van der Waals surface area contributed by atoms with Crippen LogP contribution in [0.15, 0.2) is 5.38 Å². The van der Waals surface area contributed by atoms with Gasteiger partial charge in [-0.15, -0.1) is 11.3 Å². The van der Waals surface area contributed by atoms with Gasteiger partial charge in [0.2, 0.25) is 0 Å².